The molecule has 0 aromatic carbocycles. The van der Waals surface area contributed by atoms with Gasteiger partial charge in [0.2, 0.25) is 5.91 Å². The van der Waals surface area contributed by atoms with Gasteiger partial charge < -0.3 is 16.0 Å². The van der Waals surface area contributed by atoms with Crippen LogP contribution < -0.4 is 16.0 Å². The van der Waals surface area contributed by atoms with Gasteiger partial charge in [0.15, 0.2) is 5.96 Å². The molecule has 0 radical (unpaired) electrons. The molecule has 3 unspecified atom stereocenters. The van der Waals surface area contributed by atoms with Crippen molar-refractivity contribution in [3.05, 3.63) is 0 Å². The van der Waals surface area contributed by atoms with Crippen LogP contribution in [0, 0.1) is 11.8 Å². The van der Waals surface area contributed by atoms with Gasteiger partial charge in [0.05, 0.1) is 6.54 Å². The van der Waals surface area contributed by atoms with Crippen LogP contribution in [0.25, 0.3) is 0 Å². The maximum Gasteiger partial charge on any atom is 0.239 e. The van der Waals surface area contributed by atoms with Crippen molar-refractivity contribution in [2.75, 3.05) is 20.6 Å². The highest BCUT2D eigenvalue weighted by molar-refractivity contribution is 5.86. The molecule has 5 nitrogen and oxygen atoms in total. The Balaban J connectivity index is 1.78. The van der Waals surface area contributed by atoms with Gasteiger partial charge in [-0.05, 0) is 31.1 Å². The second-order valence-corrected chi connectivity index (χ2v) is 6.06. The lowest BCUT2D eigenvalue weighted by Gasteiger charge is -2.39. The minimum Gasteiger partial charge on any atom is -0.358 e. The number of carbonyl (C=O) groups excluding carboxylic acids is 1. The van der Waals surface area contributed by atoms with E-state index in [2.05, 4.69) is 20.9 Å². The molecule has 0 saturated heterocycles. The highest BCUT2D eigenvalue weighted by atomic mass is 16.1. The van der Waals surface area contributed by atoms with E-state index in [-0.39, 0.29) is 12.5 Å². The standard InChI is InChI=1S/C15H28N4O/c1-16-14(20)10-18-15(17-2)19-13-8-7-11-5-3-4-6-12(11)9-13/h11-13H,3-10H2,1-2H3,(H,16,20)(H2,17,18,19). The Bertz CT molecular complexity index is 356. The molecule has 0 spiro atoms. The zero-order valence-corrected chi connectivity index (χ0v) is 12.7. The minimum atomic E-state index is -0.0241. The molecule has 2 fully saturated rings. The van der Waals surface area contributed by atoms with Crippen LogP contribution in [0.2, 0.25) is 0 Å². The van der Waals surface area contributed by atoms with Crippen molar-refractivity contribution < 1.29 is 4.79 Å². The maximum atomic E-state index is 11.3. The molecule has 2 aliphatic rings. The van der Waals surface area contributed by atoms with E-state index in [0.717, 1.165) is 17.8 Å². The molecule has 2 rings (SSSR count). The molecule has 0 bridgehead atoms. The van der Waals surface area contributed by atoms with Gasteiger partial charge in [-0.25, -0.2) is 0 Å². The predicted octanol–water partition coefficient (Wildman–Crippen LogP) is 1.26. The van der Waals surface area contributed by atoms with E-state index >= 15 is 0 Å². The monoisotopic (exact) mass is 280 g/mol. The molecule has 3 atom stereocenters. The number of rotatable bonds is 3. The van der Waals surface area contributed by atoms with Crippen molar-refractivity contribution >= 4 is 11.9 Å². The summed E-state index contributed by atoms with van der Waals surface area (Å²) in [5.74, 6) is 2.58. The second kappa shape index (κ2) is 7.50. The Hall–Kier alpha value is -1.26. The van der Waals surface area contributed by atoms with Crippen LogP contribution in [0.4, 0.5) is 0 Å². The van der Waals surface area contributed by atoms with Gasteiger partial charge in [-0.1, -0.05) is 25.7 Å². The van der Waals surface area contributed by atoms with Gasteiger partial charge in [-0.3, -0.25) is 9.79 Å². The number of hydrogen-bond donors (Lipinski definition) is 3. The van der Waals surface area contributed by atoms with Gasteiger partial charge in [0.25, 0.3) is 0 Å². The van der Waals surface area contributed by atoms with Crippen LogP contribution in [-0.4, -0.2) is 38.5 Å². The summed E-state index contributed by atoms with van der Waals surface area (Å²) in [5, 5.41) is 9.14. The Labute approximate surface area is 122 Å². The average Bonchev–Trinajstić information content (AvgIpc) is 2.50. The summed E-state index contributed by atoms with van der Waals surface area (Å²) >= 11 is 0. The average molecular weight is 280 g/mol. The fourth-order valence-corrected chi connectivity index (χ4v) is 3.64. The first-order valence-corrected chi connectivity index (χ1v) is 7.90. The molecule has 3 N–H and O–H groups in total. The summed E-state index contributed by atoms with van der Waals surface area (Å²) < 4.78 is 0. The van der Waals surface area contributed by atoms with E-state index in [1.165, 1.54) is 44.9 Å². The topological polar surface area (TPSA) is 65.5 Å². The second-order valence-electron chi connectivity index (χ2n) is 6.06. The molecular formula is C15H28N4O. The summed E-state index contributed by atoms with van der Waals surface area (Å²) in [6.45, 7) is 0.273. The maximum absolute atomic E-state index is 11.3. The molecule has 5 heteroatoms. The molecule has 0 aromatic rings. The summed E-state index contributed by atoms with van der Waals surface area (Å²) in [5.41, 5.74) is 0. The van der Waals surface area contributed by atoms with Crippen LogP contribution in [0.5, 0.6) is 0 Å². The molecule has 1 amide bonds. The van der Waals surface area contributed by atoms with Crippen molar-refractivity contribution in [2.24, 2.45) is 16.8 Å². The quantitative estimate of drug-likeness (QED) is 0.538. The van der Waals surface area contributed by atoms with Gasteiger partial charge in [-0.2, -0.15) is 0 Å². The number of likely N-dealkylation sites (N-methyl/N-ethyl adjacent to an activating group) is 1. The summed E-state index contributed by atoms with van der Waals surface area (Å²) in [6.07, 6.45) is 9.47. The zero-order valence-electron chi connectivity index (χ0n) is 12.7. The first kappa shape index (κ1) is 15.1. The number of guanidine groups is 1. The number of carbonyl (C=O) groups is 1. The van der Waals surface area contributed by atoms with Gasteiger partial charge in [0.1, 0.15) is 0 Å². The first-order chi connectivity index (χ1) is 9.72. The molecule has 20 heavy (non-hydrogen) atoms. The number of aliphatic imine (C=N–C) groups is 1. The summed E-state index contributed by atoms with van der Waals surface area (Å²) in [7, 11) is 3.40. The van der Waals surface area contributed by atoms with E-state index in [0.29, 0.717) is 6.04 Å². The van der Waals surface area contributed by atoms with Crippen molar-refractivity contribution in [1.29, 1.82) is 0 Å². The van der Waals surface area contributed by atoms with Crippen LogP contribution in [0.3, 0.4) is 0 Å². The molecular weight excluding hydrogens is 252 g/mol. The lowest BCUT2D eigenvalue weighted by atomic mass is 9.69. The number of amides is 1. The number of hydrogen-bond acceptors (Lipinski definition) is 2. The Morgan fingerprint density at radius 3 is 2.60 bits per heavy atom. The van der Waals surface area contributed by atoms with Crippen LogP contribution >= 0.6 is 0 Å². The molecule has 0 aromatic heterocycles. The highest BCUT2D eigenvalue weighted by Gasteiger charge is 2.32. The lowest BCUT2D eigenvalue weighted by Crippen LogP contribution is -2.48. The minimum absolute atomic E-state index is 0.0241. The Morgan fingerprint density at radius 2 is 1.90 bits per heavy atom. The highest BCUT2D eigenvalue weighted by Crippen LogP contribution is 2.40. The number of nitrogens with one attached hydrogen (secondary N) is 3. The van der Waals surface area contributed by atoms with Gasteiger partial charge >= 0.3 is 0 Å². The molecule has 2 aliphatic carbocycles. The third-order valence-electron chi connectivity index (χ3n) is 4.80. The van der Waals surface area contributed by atoms with E-state index in [1.807, 2.05) is 0 Å². The van der Waals surface area contributed by atoms with Crippen LogP contribution in [0.15, 0.2) is 4.99 Å². The van der Waals surface area contributed by atoms with Crippen molar-refractivity contribution in [1.82, 2.24) is 16.0 Å². The molecule has 0 heterocycles. The van der Waals surface area contributed by atoms with Crippen molar-refractivity contribution in [3.63, 3.8) is 0 Å². The smallest absolute Gasteiger partial charge is 0.239 e. The van der Waals surface area contributed by atoms with E-state index < -0.39 is 0 Å². The Morgan fingerprint density at radius 1 is 1.15 bits per heavy atom. The normalized spacial score (nSPS) is 30.3. The zero-order chi connectivity index (χ0) is 14.4. The molecule has 0 aliphatic heterocycles. The van der Waals surface area contributed by atoms with Gasteiger partial charge in [-0.15, -0.1) is 0 Å². The fourth-order valence-electron chi connectivity index (χ4n) is 3.64. The van der Waals surface area contributed by atoms with Crippen LogP contribution in [0.1, 0.15) is 44.9 Å². The third-order valence-corrected chi connectivity index (χ3v) is 4.80. The number of nitrogens with zero attached hydrogens (tertiary/aromatic N) is 1. The SMILES string of the molecule is CN=C(NCC(=O)NC)NC1CCC2CCCCC2C1. The van der Waals surface area contributed by atoms with Gasteiger partial charge in [0, 0.05) is 20.1 Å². The third kappa shape index (κ3) is 4.12. The summed E-state index contributed by atoms with van der Waals surface area (Å²) in [4.78, 5) is 15.5. The van der Waals surface area contributed by atoms with E-state index in [9.17, 15) is 4.79 Å². The van der Waals surface area contributed by atoms with E-state index in [4.69, 9.17) is 0 Å². The molecule has 114 valence electrons. The van der Waals surface area contributed by atoms with E-state index in [1.54, 1.807) is 14.1 Å². The van der Waals surface area contributed by atoms with Crippen molar-refractivity contribution in [2.45, 2.75) is 51.0 Å². The summed E-state index contributed by atoms with van der Waals surface area (Å²) in [6, 6.07) is 0.505. The lowest BCUT2D eigenvalue weighted by molar-refractivity contribution is -0.119. The predicted molar refractivity (Wildman–Crippen MR) is 81.7 cm³/mol. The van der Waals surface area contributed by atoms with Crippen LogP contribution in [-0.2, 0) is 4.79 Å². The Kier molecular flexibility index (Phi) is 5.68. The van der Waals surface area contributed by atoms with Crippen molar-refractivity contribution in [3.8, 4) is 0 Å². The number of fused-ring (bicyclic) bond motifs is 1. The first-order valence-electron chi connectivity index (χ1n) is 7.90. The molecule has 2 saturated carbocycles. The largest absolute Gasteiger partial charge is 0.358 e. The fraction of sp³-hybridized carbons (Fsp3) is 0.867.